The lowest BCUT2D eigenvalue weighted by Crippen LogP contribution is -2.17. The summed E-state index contributed by atoms with van der Waals surface area (Å²) in [5.41, 5.74) is 2.35. The van der Waals surface area contributed by atoms with E-state index in [1.165, 1.54) is 26.9 Å². The van der Waals surface area contributed by atoms with E-state index in [9.17, 15) is 0 Å². The molecule has 0 fully saturated rings. The number of aromatic nitrogens is 2. The van der Waals surface area contributed by atoms with Crippen LogP contribution >= 0.6 is 22.9 Å². The molecule has 0 amide bonds. The lowest BCUT2D eigenvalue weighted by Gasteiger charge is -2.13. The van der Waals surface area contributed by atoms with Crippen LogP contribution in [0.4, 0.5) is 0 Å². The number of thiophene rings is 1. The topological polar surface area (TPSA) is 37.8 Å². The third kappa shape index (κ3) is 1.95. The fourth-order valence-corrected chi connectivity index (χ4v) is 3.45. The maximum absolute atomic E-state index is 4.06. The molecule has 0 aliphatic carbocycles. The molecule has 2 heterocycles. The van der Waals surface area contributed by atoms with Gasteiger partial charge in [0.1, 0.15) is 0 Å². The molecule has 0 saturated carbocycles. The number of hydrogen-bond donors (Lipinski definition) is 1. The molecule has 1 atom stereocenters. The summed E-state index contributed by atoms with van der Waals surface area (Å²) in [6.45, 7) is 4.14. The van der Waals surface area contributed by atoms with E-state index in [2.05, 4.69) is 33.3 Å². The van der Waals surface area contributed by atoms with E-state index in [4.69, 9.17) is 0 Å². The van der Waals surface area contributed by atoms with Gasteiger partial charge in [-0.2, -0.15) is 0 Å². The molecule has 15 heavy (non-hydrogen) atoms. The van der Waals surface area contributed by atoms with Crippen molar-refractivity contribution >= 4 is 22.9 Å². The van der Waals surface area contributed by atoms with Crippen molar-refractivity contribution in [1.82, 2.24) is 14.9 Å². The van der Waals surface area contributed by atoms with E-state index < -0.39 is 0 Å². The predicted octanol–water partition coefficient (Wildman–Crippen LogP) is 2.53. The van der Waals surface area contributed by atoms with E-state index in [1.54, 1.807) is 11.3 Å². The zero-order chi connectivity index (χ0) is 10.8. The molecule has 2 rings (SSSR count). The summed E-state index contributed by atoms with van der Waals surface area (Å²) in [6, 6.07) is 2.39. The predicted molar refractivity (Wildman–Crippen MR) is 64.6 cm³/mol. The normalized spacial score (nSPS) is 13.0. The molecule has 1 unspecified atom stereocenters. The highest BCUT2D eigenvalue weighted by Crippen LogP contribution is 2.31. The average Bonchev–Trinajstić information content (AvgIpc) is 2.80. The molecule has 0 aromatic carbocycles. The summed E-state index contributed by atoms with van der Waals surface area (Å²) in [5, 5.41) is 9.51. The van der Waals surface area contributed by atoms with Gasteiger partial charge in [0.15, 0.2) is 0 Å². The molecule has 0 bridgehead atoms. The highest BCUT2D eigenvalue weighted by Gasteiger charge is 2.20. The van der Waals surface area contributed by atoms with Crippen LogP contribution in [-0.2, 0) is 0 Å². The van der Waals surface area contributed by atoms with Gasteiger partial charge >= 0.3 is 0 Å². The Morgan fingerprint density at radius 3 is 2.60 bits per heavy atom. The first-order chi connectivity index (χ1) is 7.24. The van der Waals surface area contributed by atoms with Gasteiger partial charge in [-0.15, -0.1) is 16.4 Å². The van der Waals surface area contributed by atoms with Gasteiger partial charge in [0.2, 0.25) is 0 Å². The molecule has 0 aliphatic rings. The van der Waals surface area contributed by atoms with E-state index >= 15 is 0 Å². The van der Waals surface area contributed by atoms with Crippen molar-refractivity contribution in [2.75, 3.05) is 7.05 Å². The number of hydrogen-bond acceptors (Lipinski definition) is 5. The Bertz CT molecular complexity index is 407. The second kappa shape index (κ2) is 4.38. The van der Waals surface area contributed by atoms with Gasteiger partial charge in [-0.25, -0.2) is 0 Å². The lowest BCUT2D eigenvalue weighted by molar-refractivity contribution is 0.706. The summed E-state index contributed by atoms with van der Waals surface area (Å²) < 4.78 is 3.99. The monoisotopic (exact) mass is 239 g/mol. The van der Waals surface area contributed by atoms with E-state index in [0.29, 0.717) is 0 Å². The van der Waals surface area contributed by atoms with Gasteiger partial charge in [0, 0.05) is 4.88 Å². The van der Waals surface area contributed by atoms with Gasteiger partial charge in [-0.3, -0.25) is 0 Å². The Balaban J connectivity index is 2.41. The number of nitrogens with one attached hydrogen (secondary N) is 1. The van der Waals surface area contributed by atoms with Crippen molar-refractivity contribution in [2.45, 2.75) is 19.9 Å². The standard InChI is InChI=1S/C10H13N3S2/c1-6-4-5-14-9(6)8(11-3)10-7(2)12-13-15-10/h4-5,8,11H,1-3H3. The fraction of sp³-hybridized carbons (Fsp3) is 0.400. The molecule has 80 valence electrons. The van der Waals surface area contributed by atoms with Crippen molar-refractivity contribution in [2.24, 2.45) is 0 Å². The molecule has 0 aliphatic heterocycles. The molecule has 0 radical (unpaired) electrons. The van der Waals surface area contributed by atoms with Gasteiger partial charge < -0.3 is 5.32 Å². The van der Waals surface area contributed by atoms with Crippen molar-refractivity contribution in [1.29, 1.82) is 0 Å². The summed E-state index contributed by atoms with van der Waals surface area (Å²) in [6.07, 6.45) is 0. The number of rotatable bonds is 3. The minimum atomic E-state index is 0.241. The first-order valence-corrected chi connectivity index (χ1v) is 6.39. The van der Waals surface area contributed by atoms with Crippen LogP contribution in [0, 0.1) is 13.8 Å². The van der Waals surface area contributed by atoms with Crippen LogP contribution in [0.1, 0.15) is 27.1 Å². The lowest BCUT2D eigenvalue weighted by atomic mass is 10.1. The minimum Gasteiger partial charge on any atom is -0.308 e. The summed E-state index contributed by atoms with van der Waals surface area (Å²) in [4.78, 5) is 2.56. The molecular weight excluding hydrogens is 226 g/mol. The smallest absolute Gasteiger partial charge is 0.0800 e. The molecule has 2 aromatic heterocycles. The van der Waals surface area contributed by atoms with Crippen molar-refractivity contribution in [3.8, 4) is 0 Å². The van der Waals surface area contributed by atoms with Gasteiger partial charge in [-0.05, 0) is 49.4 Å². The van der Waals surface area contributed by atoms with Crippen LogP contribution in [0.25, 0.3) is 0 Å². The maximum Gasteiger partial charge on any atom is 0.0800 e. The zero-order valence-electron chi connectivity index (χ0n) is 8.94. The van der Waals surface area contributed by atoms with Gasteiger partial charge in [0.05, 0.1) is 16.6 Å². The first kappa shape index (κ1) is 10.7. The zero-order valence-corrected chi connectivity index (χ0v) is 10.6. The molecular formula is C10H13N3S2. The van der Waals surface area contributed by atoms with Crippen LogP contribution in [0.3, 0.4) is 0 Å². The second-order valence-electron chi connectivity index (χ2n) is 3.41. The Kier molecular flexibility index (Phi) is 3.14. The Labute approximate surface area is 97.3 Å². The minimum absolute atomic E-state index is 0.241. The molecule has 3 nitrogen and oxygen atoms in total. The van der Waals surface area contributed by atoms with Crippen LogP contribution in [-0.4, -0.2) is 16.6 Å². The van der Waals surface area contributed by atoms with E-state index in [-0.39, 0.29) is 6.04 Å². The molecule has 0 spiro atoms. The Hall–Kier alpha value is -0.780. The summed E-state index contributed by atoms with van der Waals surface area (Å²) >= 11 is 3.25. The quantitative estimate of drug-likeness (QED) is 0.894. The van der Waals surface area contributed by atoms with Crippen molar-refractivity contribution in [3.05, 3.63) is 32.5 Å². The number of nitrogens with zero attached hydrogens (tertiary/aromatic N) is 2. The third-order valence-electron chi connectivity index (χ3n) is 2.40. The number of aryl methyl sites for hydroxylation is 2. The Morgan fingerprint density at radius 2 is 2.13 bits per heavy atom. The maximum atomic E-state index is 4.06. The molecule has 1 N–H and O–H groups in total. The van der Waals surface area contributed by atoms with Crippen LogP contribution in [0.15, 0.2) is 11.4 Å². The average molecular weight is 239 g/mol. The SMILES string of the molecule is CNC(c1sccc1C)c1snnc1C. The highest BCUT2D eigenvalue weighted by molar-refractivity contribution is 7.10. The molecule has 5 heteroatoms. The van der Waals surface area contributed by atoms with Crippen LogP contribution < -0.4 is 5.32 Å². The Morgan fingerprint density at radius 1 is 1.33 bits per heavy atom. The van der Waals surface area contributed by atoms with Crippen LogP contribution in [0.5, 0.6) is 0 Å². The van der Waals surface area contributed by atoms with Crippen LogP contribution in [0.2, 0.25) is 0 Å². The van der Waals surface area contributed by atoms with E-state index in [1.807, 2.05) is 14.0 Å². The summed E-state index contributed by atoms with van der Waals surface area (Å²) in [5.74, 6) is 0. The van der Waals surface area contributed by atoms with Crippen molar-refractivity contribution in [3.63, 3.8) is 0 Å². The fourth-order valence-electron chi connectivity index (χ4n) is 1.56. The van der Waals surface area contributed by atoms with E-state index in [0.717, 1.165) is 5.69 Å². The second-order valence-corrected chi connectivity index (χ2v) is 5.15. The third-order valence-corrected chi connectivity index (χ3v) is 4.38. The highest BCUT2D eigenvalue weighted by atomic mass is 32.1. The van der Waals surface area contributed by atoms with Gasteiger partial charge in [0.25, 0.3) is 0 Å². The molecule has 0 saturated heterocycles. The summed E-state index contributed by atoms with van der Waals surface area (Å²) in [7, 11) is 1.98. The molecule has 2 aromatic rings. The van der Waals surface area contributed by atoms with Gasteiger partial charge in [-0.1, -0.05) is 4.49 Å². The first-order valence-electron chi connectivity index (χ1n) is 4.74. The largest absolute Gasteiger partial charge is 0.308 e. The van der Waals surface area contributed by atoms with Crippen molar-refractivity contribution < 1.29 is 0 Å².